The lowest BCUT2D eigenvalue weighted by Gasteiger charge is -2.22. The third-order valence-electron chi connectivity index (χ3n) is 6.00. The number of hydrogen-bond donors (Lipinski definition) is 1. The molecule has 4 rings (SSSR count). The van der Waals surface area contributed by atoms with E-state index in [0.29, 0.717) is 43.6 Å². The molecule has 1 fully saturated rings. The Morgan fingerprint density at radius 1 is 1.00 bits per heavy atom. The summed E-state index contributed by atoms with van der Waals surface area (Å²) < 4.78 is 45.6. The first kappa shape index (κ1) is 23.4. The summed E-state index contributed by atoms with van der Waals surface area (Å²) in [5.41, 5.74) is 1.01. The molecule has 1 N–H and O–H groups in total. The SMILES string of the molecule is COc1ccc(S(=O)(=O)N[C@@H](C)c2ccc3c(c2)OCCO3)cc1C(=O)N1CCCCCC1. The molecule has 9 heteroatoms. The lowest BCUT2D eigenvalue weighted by molar-refractivity contribution is 0.0758. The number of fused-ring (bicyclic) bond motifs is 1. The fourth-order valence-corrected chi connectivity index (χ4v) is 5.42. The second kappa shape index (κ2) is 10.0. The van der Waals surface area contributed by atoms with Gasteiger partial charge in [-0.3, -0.25) is 4.79 Å². The van der Waals surface area contributed by atoms with Crippen LogP contribution in [-0.4, -0.2) is 52.6 Å². The maximum Gasteiger partial charge on any atom is 0.257 e. The van der Waals surface area contributed by atoms with Crippen LogP contribution in [0.25, 0.3) is 0 Å². The number of methoxy groups -OCH3 is 1. The summed E-state index contributed by atoms with van der Waals surface area (Å²) in [5.74, 6) is 1.40. The van der Waals surface area contributed by atoms with E-state index in [0.717, 1.165) is 31.2 Å². The van der Waals surface area contributed by atoms with Crippen LogP contribution in [0.3, 0.4) is 0 Å². The van der Waals surface area contributed by atoms with Crippen molar-refractivity contribution >= 4 is 15.9 Å². The van der Waals surface area contributed by atoms with Crippen molar-refractivity contribution in [3.8, 4) is 17.2 Å². The number of rotatable bonds is 6. The van der Waals surface area contributed by atoms with E-state index in [9.17, 15) is 13.2 Å². The van der Waals surface area contributed by atoms with E-state index >= 15 is 0 Å². The molecule has 178 valence electrons. The van der Waals surface area contributed by atoms with Crippen LogP contribution in [0.1, 0.15) is 54.6 Å². The second-order valence-corrected chi connectivity index (χ2v) is 10.0. The molecule has 0 unspecified atom stereocenters. The first-order valence-electron chi connectivity index (χ1n) is 11.3. The number of nitrogens with one attached hydrogen (secondary N) is 1. The third-order valence-corrected chi connectivity index (χ3v) is 7.54. The van der Waals surface area contributed by atoms with Crippen molar-refractivity contribution in [2.75, 3.05) is 33.4 Å². The van der Waals surface area contributed by atoms with Crippen molar-refractivity contribution in [1.29, 1.82) is 0 Å². The highest BCUT2D eigenvalue weighted by Gasteiger charge is 2.25. The molecule has 1 amide bonds. The molecule has 1 atom stereocenters. The molecule has 0 aromatic heterocycles. The quantitative estimate of drug-likeness (QED) is 0.689. The predicted molar refractivity (Wildman–Crippen MR) is 124 cm³/mol. The van der Waals surface area contributed by atoms with Crippen molar-refractivity contribution in [2.45, 2.75) is 43.5 Å². The average molecular weight is 475 g/mol. The van der Waals surface area contributed by atoms with Crippen molar-refractivity contribution < 1.29 is 27.4 Å². The Hall–Kier alpha value is -2.78. The van der Waals surface area contributed by atoms with Crippen molar-refractivity contribution in [1.82, 2.24) is 9.62 Å². The molecule has 2 aliphatic rings. The molecule has 0 bridgehead atoms. The Bertz CT molecular complexity index is 1110. The van der Waals surface area contributed by atoms with Gasteiger partial charge in [0.2, 0.25) is 10.0 Å². The monoisotopic (exact) mass is 474 g/mol. The van der Waals surface area contributed by atoms with Crippen LogP contribution in [0.15, 0.2) is 41.3 Å². The van der Waals surface area contributed by atoms with Crippen LogP contribution in [0.2, 0.25) is 0 Å². The van der Waals surface area contributed by atoms with Crippen molar-refractivity contribution in [3.05, 3.63) is 47.5 Å². The van der Waals surface area contributed by atoms with Gasteiger partial charge in [0.1, 0.15) is 19.0 Å². The normalized spacial score (nSPS) is 17.2. The Kier molecular flexibility index (Phi) is 7.09. The van der Waals surface area contributed by atoms with E-state index in [1.807, 2.05) is 6.07 Å². The molecule has 0 aliphatic carbocycles. The molecular formula is C24H30N2O6S. The standard InChI is InChI=1S/C24H30N2O6S/c1-17(18-7-9-22-23(15-18)32-14-13-31-22)25-33(28,29)19-8-10-21(30-2)20(16-19)24(27)26-11-5-3-4-6-12-26/h7-10,15-17,25H,3-6,11-14H2,1-2H3/t17-/m0/s1. The first-order chi connectivity index (χ1) is 15.9. The van der Waals surface area contributed by atoms with Crippen LogP contribution in [-0.2, 0) is 10.0 Å². The molecule has 8 nitrogen and oxygen atoms in total. The third kappa shape index (κ3) is 5.25. The number of ether oxygens (including phenoxy) is 3. The van der Waals surface area contributed by atoms with Gasteiger partial charge < -0.3 is 19.1 Å². The molecule has 2 aromatic carbocycles. The summed E-state index contributed by atoms with van der Waals surface area (Å²) in [7, 11) is -2.42. The number of nitrogens with zero attached hydrogens (tertiary/aromatic N) is 1. The van der Waals surface area contributed by atoms with Gasteiger partial charge in [-0.25, -0.2) is 13.1 Å². The zero-order chi connectivity index (χ0) is 23.4. The number of carbonyl (C=O) groups is 1. The average Bonchev–Trinajstić information content (AvgIpc) is 3.12. The van der Waals surface area contributed by atoms with Gasteiger partial charge in [-0.05, 0) is 55.7 Å². The van der Waals surface area contributed by atoms with Crippen LogP contribution >= 0.6 is 0 Å². The number of amides is 1. The van der Waals surface area contributed by atoms with Crippen LogP contribution in [0, 0.1) is 0 Å². The molecule has 0 radical (unpaired) electrons. The Morgan fingerprint density at radius 3 is 2.39 bits per heavy atom. The minimum absolute atomic E-state index is 0.0193. The zero-order valence-corrected chi connectivity index (χ0v) is 19.8. The van der Waals surface area contributed by atoms with Gasteiger partial charge in [0.25, 0.3) is 5.91 Å². The Balaban J connectivity index is 1.57. The Morgan fingerprint density at radius 2 is 1.70 bits per heavy atom. The molecular weight excluding hydrogens is 444 g/mol. The predicted octanol–water partition coefficient (Wildman–Crippen LogP) is 3.52. The number of likely N-dealkylation sites (tertiary alicyclic amines) is 1. The van der Waals surface area contributed by atoms with E-state index in [1.54, 1.807) is 24.0 Å². The topological polar surface area (TPSA) is 94.2 Å². The number of benzene rings is 2. The Labute approximate surface area is 194 Å². The van der Waals surface area contributed by atoms with E-state index in [-0.39, 0.29) is 16.4 Å². The molecule has 33 heavy (non-hydrogen) atoms. The second-order valence-electron chi connectivity index (χ2n) is 8.31. The summed E-state index contributed by atoms with van der Waals surface area (Å²) in [6, 6.07) is 9.25. The van der Waals surface area contributed by atoms with E-state index in [2.05, 4.69) is 4.72 Å². The van der Waals surface area contributed by atoms with Gasteiger partial charge >= 0.3 is 0 Å². The molecule has 0 saturated carbocycles. The maximum atomic E-state index is 13.2. The summed E-state index contributed by atoms with van der Waals surface area (Å²) in [6.07, 6.45) is 4.08. The highest BCUT2D eigenvalue weighted by Crippen LogP contribution is 2.33. The molecule has 2 heterocycles. The van der Waals surface area contributed by atoms with Crippen LogP contribution in [0.4, 0.5) is 0 Å². The van der Waals surface area contributed by atoms with E-state index < -0.39 is 16.1 Å². The van der Waals surface area contributed by atoms with Crippen molar-refractivity contribution in [3.63, 3.8) is 0 Å². The molecule has 1 saturated heterocycles. The van der Waals surface area contributed by atoms with Gasteiger partial charge in [-0.1, -0.05) is 18.9 Å². The largest absolute Gasteiger partial charge is 0.496 e. The fraction of sp³-hybridized carbons (Fsp3) is 0.458. The lowest BCUT2D eigenvalue weighted by atomic mass is 10.1. The summed E-state index contributed by atoms with van der Waals surface area (Å²) in [4.78, 5) is 15.0. The number of carbonyl (C=O) groups excluding carboxylic acids is 1. The van der Waals surface area contributed by atoms with Gasteiger partial charge in [0, 0.05) is 19.1 Å². The van der Waals surface area contributed by atoms with Crippen LogP contribution < -0.4 is 18.9 Å². The summed E-state index contributed by atoms with van der Waals surface area (Å²) >= 11 is 0. The zero-order valence-electron chi connectivity index (χ0n) is 19.0. The van der Waals surface area contributed by atoms with Gasteiger partial charge in [-0.2, -0.15) is 0 Å². The number of hydrogen-bond acceptors (Lipinski definition) is 6. The fourth-order valence-electron chi connectivity index (χ4n) is 4.16. The minimum atomic E-state index is -3.90. The minimum Gasteiger partial charge on any atom is -0.496 e. The highest BCUT2D eigenvalue weighted by molar-refractivity contribution is 7.89. The molecule has 2 aromatic rings. The van der Waals surface area contributed by atoms with Gasteiger partial charge in [0.05, 0.1) is 17.6 Å². The molecule has 0 spiro atoms. The van der Waals surface area contributed by atoms with Gasteiger partial charge in [0.15, 0.2) is 11.5 Å². The van der Waals surface area contributed by atoms with Gasteiger partial charge in [-0.15, -0.1) is 0 Å². The maximum absolute atomic E-state index is 13.2. The summed E-state index contributed by atoms with van der Waals surface area (Å²) in [5, 5.41) is 0. The smallest absolute Gasteiger partial charge is 0.257 e. The van der Waals surface area contributed by atoms with E-state index in [1.165, 1.54) is 25.3 Å². The molecule has 2 aliphatic heterocycles. The van der Waals surface area contributed by atoms with Crippen molar-refractivity contribution in [2.24, 2.45) is 0 Å². The number of sulfonamides is 1. The van der Waals surface area contributed by atoms with Crippen LogP contribution in [0.5, 0.6) is 17.2 Å². The highest BCUT2D eigenvalue weighted by atomic mass is 32.2. The summed E-state index contributed by atoms with van der Waals surface area (Å²) in [6.45, 7) is 4.03. The lowest BCUT2D eigenvalue weighted by Crippen LogP contribution is -2.32. The first-order valence-corrected chi connectivity index (χ1v) is 12.8. The van der Waals surface area contributed by atoms with E-state index in [4.69, 9.17) is 14.2 Å².